The lowest BCUT2D eigenvalue weighted by molar-refractivity contribution is 0.357. The van der Waals surface area contributed by atoms with Crippen molar-refractivity contribution in [3.05, 3.63) is 52.5 Å². The summed E-state index contributed by atoms with van der Waals surface area (Å²) in [6.07, 6.45) is 0.987. The molecule has 0 fully saturated rings. The molecule has 2 aromatic carbocycles. The standard InChI is InChI=1S/C15H14ClNO/c16-14-3-1-10(8-13(14)9-17)11-2-4-15-12(7-11)5-6-18-15/h1-4,7-8H,5-6,9,17H2. The molecule has 0 saturated carbocycles. The van der Waals surface area contributed by atoms with Crippen LogP contribution in [0.4, 0.5) is 0 Å². The molecular weight excluding hydrogens is 246 g/mol. The highest BCUT2D eigenvalue weighted by Crippen LogP contribution is 2.31. The van der Waals surface area contributed by atoms with Crippen molar-refractivity contribution in [2.24, 2.45) is 5.73 Å². The van der Waals surface area contributed by atoms with Crippen LogP contribution in [0.5, 0.6) is 5.75 Å². The van der Waals surface area contributed by atoms with Crippen molar-refractivity contribution in [2.75, 3.05) is 6.61 Å². The Kier molecular flexibility index (Phi) is 2.98. The van der Waals surface area contributed by atoms with E-state index in [2.05, 4.69) is 18.2 Å². The predicted octanol–water partition coefficient (Wildman–Crippen LogP) is 3.40. The zero-order chi connectivity index (χ0) is 12.5. The summed E-state index contributed by atoms with van der Waals surface area (Å²) >= 11 is 6.08. The molecule has 1 aliphatic heterocycles. The van der Waals surface area contributed by atoms with Gasteiger partial charge in [-0.3, -0.25) is 0 Å². The van der Waals surface area contributed by atoms with Gasteiger partial charge in [-0.05, 0) is 46.5 Å². The van der Waals surface area contributed by atoms with Crippen LogP contribution in [0.3, 0.4) is 0 Å². The molecule has 2 nitrogen and oxygen atoms in total. The Morgan fingerprint density at radius 1 is 1.11 bits per heavy atom. The summed E-state index contributed by atoms with van der Waals surface area (Å²) in [6, 6.07) is 12.3. The highest BCUT2D eigenvalue weighted by Gasteiger charge is 2.13. The number of ether oxygens (including phenoxy) is 1. The second-order valence-electron chi connectivity index (χ2n) is 4.43. The van der Waals surface area contributed by atoms with Crippen LogP contribution < -0.4 is 10.5 Å². The Labute approximate surface area is 111 Å². The van der Waals surface area contributed by atoms with E-state index in [1.54, 1.807) is 0 Å². The van der Waals surface area contributed by atoms with Crippen molar-refractivity contribution in [3.8, 4) is 16.9 Å². The first kappa shape index (κ1) is 11.6. The molecule has 0 radical (unpaired) electrons. The Bertz CT molecular complexity index is 586. The summed E-state index contributed by atoms with van der Waals surface area (Å²) in [5.74, 6) is 1.01. The lowest BCUT2D eigenvalue weighted by atomic mass is 10.00. The van der Waals surface area contributed by atoms with Crippen LogP contribution in [-0.4, -0.2) is 6.61 Å². The van der Waals surface area contributed by atoms with Gasteiger partial charge in [-0.25, -0.2) is 0 Å². The van der Waals surface area contributed by atoms with Crippen LogP contribution in [-0.2, 0) is 13.0 Å². The zero-order valence-electron chi connectivity index (χ0n) is 9.95. The average molecular weight is 260 g/mol. The third-order valence-electron chi connectivity index (χ3n) is 3.29. The minimum absolute atomic E-state index is 0.459. The fourth-order valence-corrected chi connectivity index (χ4v) is 2.47. The van der Waals surface area contributed by atoms with Gasteiger partial charge >= 0.3 is 0 Å². The van der Waals surface area contributed by atoms with Gasteiger partial charge in [-0.15, -0.1) is 0 Å². The summed E-state index contributed by atoms with van der Waals surface area (Å²) in [7, 11) is 0. The Morgan fingerprint density at radius 3 is 2.72 bits per heavy atom. The van der Waals surface area contributed by atoms with Crippen LogP contribution >= 0.6 is 11.6 Å². The number of nitrogens with two attached hydrogens (primary N) is 1. The number of hydrogen-bond acceptors (Lipinski definition) is 2. The normalized spacial score (nSPS) is 13.2. The molecule has 1 aliphatic rings. The van der Waals surface area contributed by atoms with Gasteiger partial charge in [0.05, 0.1) is 6.61 Å². The fourth-order valence-electron chi connectivity index (χ4n) is 2.28. The van der Waals surface area contributed by atoms with E-state index in [-0.39, 0.29) is 0 Å². The van der Waals surface area contributed by atoms with Gasteiger partial charge in [0.2, 0.25) is 0 Å². The highest BCUT2D eigenvalue weighted by molar-refractivity contribution is 6.31. The van der Waals surface area contributed by atoms with E-state index >= 15 is 0 Å². The second kappa shape index (κ2) is 4.63. The fraction of sp³-hybridized carbons (Fsp3) is 0.200. The summed E-state index contributed by atoms with van der Waals surface area (Å²) in [4.78, 5) is 0. The molecule has 0 unspecified atom stereocenters. The highest BCUT2D eigenvalue weighted by atomic mass is 35.5. The average Bonchev–Trinajstić information content (AvgIpc) is 2.86. The van der Waals surface area contributed by atoms with Gasteiger partial charge in [0.1, 0.15) is 5.75 Å². The maximum absolute atomic E-state index is 6.08. The van der Waals surface area contributed by atoms with Crippen molar-refractivity contribution >= 4 is 11.6 Å². The first-order valence-electron chi connectivity index (χ1n) is 6.02. The summed E-state index contributed by atoms with van der Waals surface area (Å²) in [6.45, 7) is 1.24. The van der Waals surface area contributed by atoms with Crippen LogP contribution in [0.15, 0.2) is 36.4 Å². The predicted molar refractivity (Wildman–Crippen MR) is 74.0 cm³/mol. The maximum Gasteiger partial charge on any atom is 0.122 e. The third-order valence-corrected chi connectivity index (χ3v) is 3.66. The van der Waals surface area contributed by atoms with Gasteiger partial charge in [0, 0.05) is 18.0 Å². The number of halogens is 1. The van der Waals surface area contributed by atoms with Crippen molar-refractivity contribution in [3.63, 3.8) is 0 Å². The molecular formula is C15H14ClNO. The van der Waals surface area contributed by atoms with E-state index < -0.39 is 0 Å². The summed E-state index contributed by atoms with van der Waals surface area (Å²) in [5.41, 5.74) is 10.3. The molecule has 0 amide bonds. The molecule has 0 bridgehead atoms. The molecule has 0 saturated heterocycles. The summed E-state index contributed by atoms with van der Waals surface area (Å²) < 4.78 is 5.51. The number of fused-ring (bicyclic) bond motifs is 1. The minimum atomic E-state index is 0.459. The van der Waals surface area contributed by atoms with Crippen molar-refractivity contribution in [1.29, 1.82) is 0 Å². The molecule has 2 aromatic rings. The minimum Gasteiger partial charge on any atom is -0.493 e. The van der Waals surface area contributed by atoms with E-state index in [9.17, 15) is 0 Å². The molecule has 0 aromatic heterocycles. The van der Waals surface area contributed by atoms with Crippen molar-refractivity contribution < 1.29 is 4.74 Å². The van der Waals surface area contributed by atoms with E-state index in [1.807, 2.05) is 18.2 Å². The molecule has 3 heteroatoms. The van der Waals surface area contributed by atoms with Gasteiger partial charge < -0.3 is 10.5 Å². The topological polar surface area (TPSA) is 35.2 Å². The largest absolute Gasteiger partial charge is 0.493 e. The molecule has 2 N–H and O–H groups in total. The third kappa shape index (κ3) is 1.98. The molecule has 1 heterocycles. The lowest BCUT2D eigenvalue weighted by Gasteiger charge is -2.07. The Morgan fingerprint density at radius 2 is 1.89 bits per heavy atom. The second-order valence-corrected chi connectivity index (χ2v) is 4.84. The van der Waals surface area contributed by atoms with Gasteiger partial charge in [0.25, 0.3) is 0 Å². The molecule has 3 rings (SSSR count). The van der Waals surface area contributed by atoms with E-state index in [1.165, 1.54) is 11.1 Å². The SMILES string of the molecule is NCc1cc(-c2ccc3c(c2)CCO3)ccc1Cl. The smallest absolute Gasteiger partial charge is 0.122 e. The lowest BCUT2D eigenvalue weighted by Crippen LogP contribution is -1.97. The monoisotopic (exact) mass is 259 g/mol. The number of hydrogen-bond donors (Lipinski definition) is 1. The molecule has 18 heavy (non-hydrogen) atoms. The van der Waals surface area contributed by atoms with Crippen LogP contribution in [0, 0.1) is 0 Å². The van der Waals surface area contributed by atoms with E-state index in [0.717, 1.165) is 34.9 Å². The first-order chi connectivity index (χ1) is 8.78. The van der Waals surface area contributed by atoms with Crippen LogP contribution in [0.2, 0.25) is 5.02 Å². The zero-order valence-corrected chi connectivity index (χ0v) is 10.7. The van der Waals surface area contributed by atoms with Crippen molar-refractivity contribution in [1.82, 2.24) is 0 Å². The first-order valence-corrected chi connectivity index (χ1v) is 6.40. The van der Waals surface area contributed by atoms with Crippen LogP contribution in [0.25, 0.3) is 11.1 Å². The quantitative estimate of drug-likeness (QED) is 0.897. The van der Waals surface area contributed by atoms with Gasteiger partial charge in [-0.2, -0.15) is 0 Å². The molecule has 0 atom stereocenters. The number of benzene rings is 2. The molecule has 0 spiro atoms. The number of rotatable bonds is 2. The maximum atomic E-state index is 6.08. The van der Waals surface area contributed by atoms with Crippen molar-refractivity contribution in [2.45, 2.75) is 13.0 Å². The summed E-state index contributed by atoms with van der Waals surface area (Å²) in [5, 5.41) is 0.728. The Balaban J connectivity index is 2.04. The van der Waals surface area contributed by atoms with E-state index in [4.69, 9.17) is 22.1 Å². The molecule has 0 aliphatic carbocycles. The molecule has 92 valence electrons. The van der Waals surface area contributed by atoms with Gasteiger partial charge in [0.15, 0.2) is 0 Å². The van der Waals surface area contributed by atoms with Crippen LogP contribution in [0.1, 0.15) is 11.1 Å². The van der Waals surface area contributed by atoms with Gasteiger partial charge in [-0.1, -0.05) is 23.7 Å². The Hall–Kier alpha value is -1.51. The van der Waals surface area contributed by atoms with E-state index in [0.29, 0.717) is 6.54 Å².